The third-order valence-corrected chi connectivity index (χ3v) is 7.74. The van der Waals surface area contributed by atoms with Gasteiger partial charge in [0.25, 0.3) is 5.91 Å². The number of anilines is 1. The van der Waals surface area contributed by atoms with Crippen LogP contribution in [0.5, 0.6) is 5.75 Å². The number of aliphatic hydroxyl groups excluding tert-OH is 2. The van der Waals surface area contributed by atoms with Crippen LogP contribution in [0, 0.1) is 11.8 Å². The van der Waals surface area contributed by atoms with Gasteiger partial charge in [0, 0.05) is 31.3 Å². The fourth-order valence-corrected chi connectivity index (χ4v) is 6.12. The zero-order chi connectivity index (χ0) is 29.3. The molecule has 12 heteroatoms. The quantitative estimate of drug-likeness (QED) is 0.258. The Morgan fingerprint density at radius 2 is 1.74 bits per heavy atom. The topological polar surface area (TPSA) is 191 Å². The maximum absolute atomic E-state index is 14.0. The average molecular weight is 544 g/mol. The fourth-order valence-electron chi connectivity index (χ4n) is 6.12. The van der Waals surface area contributed by atoms with Gasteiger partial charge in [-0.2, -0.15) is 0 Å². The van der Waals surface area contributed by atoms with Gasteiger partial charge in [0.15, 0.2) is 11.4 Å². The summed E-state index contributed by atoms with van der Waals surface area (Å²) in [6.45, 7) is 3.27. The van der Waals surface area contributed by atoms with Crippen molar-refractivity contribution in [3.63, 3.8) is 0 Å². The van der Waals surface area contributed by atoms with Crippen LogP contribution in [0.3, 0.4) is 0 Å². The lowest BCUT2D eigenvalue weighted by Gasteiger charge is -2.50. The minimum absolute atomic E-state index is 0.0312. The summed E-state index contributed by atoms with van der Waals surface area (Å²) in [7, 11) is 6.49. The third-order valence-electron chi connectivity index (χ3n) is 7.74. The summed E-state index contributed by atoms with van der Waals surface area (Å²) in [5.74, 6) is -8.42. The van der Waals surface area contributed by atoms with E-state index in [0.717, 1.165) is 0 Å². The summed E-state index contributed by atoms with van der Waals surface area (Å²) in [5, 5.41) is 45.2. The molecule has 39 heavy (non-hydrogen) atoms. The summed E-state index contributed by atoms with van der Waals surface area (Å²) in [6.07, 6.45) is -0.419. The van der Waals surface area contributed by atoms with E-state index in [9.17, 15) is 39.6 Å². The number of phenolic OH excluding ortho intramolecular Hbond substituents is 1. The van der Waals surface area contributed by atoms with E-state index < -0.39 is 75.9 Å². The van der Waals surface area contributed by atoms with E-state index in [2.05, 4.69) is 0 Å². The number of hydrogen-bond donors (Lipinski definition) is 5. The van der Waals surface area contributed by atoms with E-state index in [-0.39, 0.29) is 29.5 Å². The maximum atomic E-state index is 14.0. The van der Waals surface area contributed by atoms with Crippen molar-refractivity contribution in [3.8, 4) is 5.75 Å². The van der Waals surface area contributed by atoms with Crippen molar-refractivity contribution < 1.29 is 44.3 Å². The van der Waals surface area contributed by atoms with Crippen LogP contribution in [0.1, 0.15) is 41.8 Å². The summed E-state index contributed by atoms with van der Waals surface area (Å²) in [6, 6.07) is 0.274. The maximum Gasteiger partial charge on any atom is 0.342 e. The first-order chi connectivity index (χ1) is 18.0. The zero-order valence-electron chi connectivity index (χ0n) is 22.6. The standard InChI is InChI=1S/C27H33N3O9/c1-10(2)39-26(37)13-9-15(29(3)4)12-7-11-8-14-19(30(5)6)22(33)18(25(28)36)24(35)27(14,38)23(34)16(11)21(32)17(12)20(13)31/h9-11,14,19,31-32,35,38H,7-8H2,1-6H3,(H2,28,36)/t11-,14-,19-,27-/m0/s1. The van der Waals surface area contributed by atoms with Gasteiger partial charge >= 0.3 is 5.97 Å². The van der Waals surface area contributed by atoms with Crippen LogP contribution < -0.4 is 10.6 Å². The van der Waals surface area contributed by atoms with E-state index in [4.69, 9.17) is 10.5 Å². The van der Waals surface area contributed by atoms with E-state index in [0.29, 0.717) is 11.3 Å². The first-order valence-corrected chi connectivity index (χ1v) is 12.5. The number of primary amides is 1. The second-order valence-electron chi connectivity index (χ2n) is 11.0. The largest absolute Gasteiger partial charge is 0.508 e. The molecule has 1 fully saturated rings. The molecule has 1 aromatic rings. The smallest absolute Gasteiger partial charge is 0.342 e. The molecule has 0 spiro atoms. The summed E-state index contributed by atoms with van der Waals surface area (Å²) < 4.78 is 5.24. The van der Waals surface area contributed by atoms with Gasteiger partial charge in [-0.05, 0) is 58.3 Å². The number of likely N-dealkylation sites (N-methyl/N-ethyl adjacent to an activating group) is 1. The minimum Gasteiger partial charge on any atom is -0.508 e. The number of fused-ring (bicyclic) bond motifs is 3. The first-order valence-electron chi connectivity index (χ1n) is 12.5. The lowest BCUT2D eigenvalue weighted by atomic mass is 9.57. The number of aromatic hydroxyl groups is 1. The number of ketones is 2. The minimum atomic E-state index is -2.74. The van der Waals surface area contributed by atoms with E-state index in [1.54, 1.807) is 32.8 Å². The molecule has 1 amide bonds. The molecular weight excluding hydrogens is 510 g/mol. The van der Waals surface area contributed by atoms with E-state index >= 15 is 0 Å². The van der Waals surface area contributed by atoms with E-state index in [1.807, 2.05) is 0 Å². The van der Waals surface area contributed by atoms with Crippen molar-refractivity contribution in [2.75, 3.05) is 33.1 Å². The SMILES string of the molecule is CC(C)OC(=O)c1cc(N(C)C)c2c(c1O)C(O)=C1C(=O)[C@]3(O)C(O)=C(C(N)=O)C(=O)[C@@H](N(C)C)[C@@H]3C[C@@H]1C2. The lowest BCUT2D eigenvalue weighted by molar-refractivity contribution is -0.153. The van der Waals surface area contributed by atoms with Crippen molar-refractivity contribution in [3.05, 3.63) is 39.7 Å². The summed E-state index contributed by atoms with van der Waals surface area (Å²) in [4.78, 5) is 55.1. The first kappa shape index (κ1) is 28.1. The molecule has 0 aromatic heterocycles. The Bertz CT molecular complexity index is 1370. The highest BCUT2D eigenvalue weighted by Gasteiger charge is 2.64. The fraction of sp³-hybridized carbons (Fsp3) is 0.481. The highest BCUT2D eigenvalue weighted by atomic mass is 16.5. The Kier molecular flexibility index (Phi) is 6.76. The number of nitrogens with two attached hydrogens (primary N) is 1. The molecule has 4 atom stereocenters. The molecule has 210 valence electrons. The van der Waals surface area contributed by atoms with Gasteiger partial charge in [-0.15, -0.1) is 0 Å². The zero-order valence-corrected chi connectivity index (χ0v) is 22.6. The van der Waals surface area contributed by atoms with Gasteiger partial charge < -0.3 is 35.8 Å². The van der Waals surface area contributed by atoms with E-state index in [1.165, 1.54) is 25.1 Å². The number of esters is 1. The van der Waals surface area contributed by atoms with Gasteiger partial charge in [-0.3, -0.25) is 19.3 Å². The second-order valence-corrected chi connectivity index (χ2v) is 11.0. The number of aliphatic hydroxyl groups is 3. The van der Waals surface area contributed by atoms with Crippen LogP contribution in [0.4, 0.5) is 5.69 Å². The highest BCUT2D eigenvalue weighted by molar-refractivity contribution is 6.24. The number of benzene rings is 1. The van der Waals surface area contributed by atoms with Crippen LogP contribution in [0.2, 0.25) is 0 Å². The van der Waals surface area contributed by atoms with Crippen molar-refractivity contribution in [2.24, 2.45) is 17.6 Å². The third kappa shape index (κ3) is 3.97. The summed E-state index contributed by atoms with van der Waals surface area (Å²) in [5.41, 5.74) is 1.96. The van der Waals surface area contributed by atoms with Gasteiger partial charge in [-0.25, -0.2) is 4.79 Å². The molecule has 1 aromatic carbocycles. The molecule has 0 bridgehead atoms. The number of ether oxygens (including phenoxy) is 1. The van der Waals surface area contributed by atoms with Gasteiger partial charge in [0.2, 0.25) is 5.78 Å². The Labute approximate surface area is 224 Å². The predicted molar refractivity (Wildman–Crippen MR) is 139 cm³/mol. The Morgan fingerprint density at radius 1 is 1.13 bits per heavy atom. The normalized spacial score (nSPS) is 26.4. The average Bonchev–Trinajstić information content (AvgIpc) is 2.80. The lowest BCUT2D eigenvalue weighted by Crippen LogP contribution is -2.65. The second kappa shape index (κ2) is 9.38. The van der Waals surface area contributed by atoms with Gasteiger partial charge in [-0.1, -0.05) is 0 Å². The number of nitrogens with zero attached hydrogens (tertiary/aromatic N) is 2. The summed E-state index contributed by atoms with van der Waals surface area (Å²) >= 11 is 0. The van der Waals surface area contributed by atoms with Crippen LogP contribution in [0.15, 0.2) is 23.0 Å². The van der Waals surface area contributed by atoms with Gasteiger partial charge in [0.1, 0.15) is 28.4 Å². The molecule has 12 nitrogen and oxygen atoms in total. The van der Waals surface area contributed by atoms with Crippen molar-refractivity contribution in [2.45, 2.75) is 44.4 Å². The molecule has 3 aliphatic rings. The molecule has 0 aliphatic heterocycles. The van der Waals surface area contributed by atoms with Crippen LogP contribution in [-0.2, 0) is 25.5 Å². The molecule has 6 N–H and O–H groups in total. The number of carbonyl (C=O) groups excluding carboxylic acids is 4. The molecule has 4 rings (SSSR count). The molecule has 0 heterocycles. The van der Waals surface area contributed by atoms with Crippen LogP contribution in [-0.4, -0.2) is 94.7 Å². The van der Waals surface area contributed by atoms with Crippen LogP contribution >= 0.6 is 0 Å². The monoisotopic (exact) mass is 543 g/mol. The number of hydrogen-bond acceptors (Lipinski definition) is 11. The number of amides is 1. The Balaban J connectivity index is 2.00. The van der Waals surface area contributed by atoms with Crippen LogP contribution in [0.25, 0.3) is 5.76 Å². The number of Topliss-reactive ketones (excluding diaryl/α,β-unsaturated/α-hetero) is 2. The predicted octanol–water partition coefficient (Wildman–Crippen LogP) is 0.595. The molecule has 0 unspecified atom stereocenters. The molecule has 0 radical (unpaired) electrons. The van der Waals surface area contributed by atoms with Gasteiger partial charge in [0.05, 0.1) is 17.7 Å². The Hall–Kier alpha value is -3.90. The van der Waals surface area contributed by atoms with Crippen molar-refractivity contribution in [1.29, 1.82) is 0 Å². The number of phenols is 1. The Morgan fingerprint density at radius 3 is 2.26 bits per heavy atom. The molecule has 1 saturated carbocycles. The highest BCUT2D eigenvalue weighted by Crippen LogP contribution is 2.54. The number of carbonyl (C=O) groups is 4. The molecule has 0 saturated heterocycles. The molecule has 3 aliphatic carbocycles. The van der Waals surface area contributed by atoms with Crippen molar-refractivity contribution >= 4 is 34.9 Å². The van der Waals surface area contributed by atoms with Crippen molar-refractivity contribution in [1.82, 2.24) is 4.90 Å². The number of rotatable bonds is 5. The molecular formula is C27H33N3O9.